The van der Waals surface area contributed by atoms with Gasteiger partial charge in [0.15, 0.2) is 0 Å². The molecule has 0 heterocycles. The average Bonchev–Trinajstić information content (AvgIpc) is 2.01. The molecule has 0 aromatic carbocycles. The van der Waals surface area contributed by atoms with Crippen LogP contribution in [0, 0.1) is 0 Å². The number of carbonyl (C=O) groups excluding carboxylic acids is 1. The maximum Gasteiger partial charge on any atom is 0.421 e. The first-order chi connectivity index (χ1) is 6.78. The zero-order chi connectivity index (χ0) is 12.1. The highest BCUT2D eigenvalue weighted by Gasteiger charge is 2.18. The van der Waals surface area contributed by atoms with Crippen molar-refractivity contribution in [3.8, 4) is 0 Å². The standard InChI is InChI=1S/C6H13N3O4S2/c1-3-13-6(10)9-15(11,12)8-4(2)5(7)14/h4,8H,3H2,1-2H3,(H2,7,14)(H,9,10). The Morgan fingerprint density at radius 1 is 1.60 bits per heavy atom. The van der Waals surface area contributed by atoms with E-state index in [1.54, 1.807) is 11.6 Å². The second-order valence-corrected chi connectivity index (χ2v) is 4.49. The van der Waals surface area contributed by atoms with Crippen molar-refractivity contribution < 1.29 is 17.9 Å². The van der Waals surface area contributed by atoms with Crippen molar-refractivity contribution in [3.63, 3.8) is 0 Å². The van der Waals surface area contributed by atoms with Crippen LogP contribution in [-0.2, 0) is 14.9 Å². The van der Waals surface area contributed by atoms with Crippen LogP contribution in [0.3, 0.4) is 0 Å². The molecule has 0 saturated heterocycles. The highest BCUT2D eigenvalue weighted by Crippen LogP contribution is 1.88. The Hall–Kier alpha value is -0.930. The molecule has 4 N–H and O–H groups in total. The van der Waals surface area contributed by atoms with Gasteiger partial charge < -0.3 is 10.5 Å². The number of ether oxygens (including phenoxy) is 1. The molecule has 0 saturated carbocycles. The Morgan fingerprint density at radius 3 is 2.53 bits per heavy atom. The fraction of sp³-hybridized carbons (Fsp3) is 0.667. The van der Waals surface area contributed by atoms with Crippen LogP contribution < -0.4 is 15.2 Å². The second kappa shape index (κ2) is 5.83. The van der Waals surface area contributed by atoms with Crippen LogP contribution in [0.15, 0.2) is 0 Å². The smallest absolute Gasteiger partial charge is 0.421 e. The van der Waals surface area contributed by atoms with E-state index in [0.717, 1.165) is 0 Å². The van der Waals surface area contributed by atoms with Crippen LogP contribution in [0.4, 0.5) is 4.79 Å². The van der Waals surface area contributed by atoms with Gasteiger partial charge in [0.05, 0.1) is 17.6 Å². The van der Waals surface area contributed by atoms with E-state index in [2.05, 4.69) is 17.0 Å². The van der Waals surface area contributed by atoms with Gasteiger partial charge in [-0.3, -0.25) is 0 Å². The summed E-state index contributed by atoms with van der Waals surface area (Å²) in [7, 11) is -3.99. The van der Waals surface area contributed by atoms with E-state index < -0.39 is 22.3 Å². The monoisotopic (exact) mass is 255 g/mol. The molecule has 0 fully saturated rings. The van der Waals surface area contributed by atoms with Crippen molar-refractivity contribution in [2.75, 3.05) is 6.61 Å². The molecule has 0 aliphatic carbocycles. The lowest BCUT2D eigenvalue weighted by Crippen LogP contribution is -2.48. The molecule has 88 valence electrons. The van der Waals surface area contributed by atoms with Crippen molar-refractivity contribution >= 4 is 33.5 Å². The fourth-order valence-electron chi connectivity index (χ4n) is 0.591. The average molecular weight is 255 g/mol. The van der Waals surface area contributed by atoms with Gasteiger partial charge >= 0.3 is 16.3 Å². The first kappa shape index (κ1) is 14.1. The third-order valence-electron chi connectivity index (χ3n) is 1.25. The Kier molecular flexibility index (Phi) is 5.47. The number of nitrogens with one attached hydrogen (secondary N) is 2. The summed E-state index contributed by atoms with van der Waals surface area (Å²) >= 11 is 4.56. The number of nitrogens with two attached hydrogens (primary N) is 1. The van der Waals surface area contributed by atoms with Gasteiger partial charge in [-0.15, -0.1) is 0 Å². The van der Waals surface area contributed by atoms with Crippen molar-refractivity contribution in [2.24, 2.45) is 5.73 Å². The van der Waals surface area contributed by atoms with Crippen LogP contribution in [-0.4, -0.2) is 32.1 Å². The Balaban J connectivity index is 4.32. The lowest BCUT2D eigenvalue weighted by atomic mass is 10.4. The molecule has 0 bridgehead atoms. The first-order valence-electron chi connectivity index (χ1n) is 4.04. The summed E-state index contributed by atoms with van der Waals surface area (Å²) in [5, 5.41) is 0. The van der Waals surface area contributed by atoms with Crippen molar-refractivity contribution in [2.45, 2.75) is 19.9 Å². The summed E-state index contributed by atoms with van der Waals surface area (Å²) in [5.41, 5.74) is 5.19. The molecule has 0 aromatic heterocycles. The fourth-order valence-corrected chi connectivity index (χ4v) is 1.65. The van der Waals surface area contributed by atoms with Gasteiger partial charge in [-0.25, -0.2) is 9.52 Å². The molecule has 0 aliphatic heterocycles. The zero-order valence-corrected chi connectivity index (χ0v) is 9.94. The lowest BCUT2D eigenvalue weighted by molar-refractivity contribution is 0.158. The van der Waals surface area contributed by atoms with Gasteiger partial charge in [-0.05, 0) is 13.8 Å². The largest absolute Gasteiger partial charge is 0.449 e. The van der Waals surface area contributed by atoms with Crippen molar-refractivity contribution in [1.29, 1.82) is 0 Å². The third kappa shape index (κ3) is 6.20. The zero-order valence-electron chi connectivity index (χ0n) is 8.31. The maximum atomic E-state index is 11.2. The second-order valence-electron chi connectivity index (χ2n) is 2.57. The lowest BCUT2D eigenvalue weighted by Gasteiger charge is -2.12. The number of hydrogen-bond acceptors (Lipinski definition) is 5. The number of rotatable bonds is 5. The van der Waals surface area contributed by atoms with Gasteiger partial charge in [0, 0.05) is 0 Å². The molecule has 1 unspecified atom stereocenters. The van der Waals surface area contributed by atoms with Gasteiger partial charge in [-0.1, -0.05) is 12.2 Å². The van der Waals surface area contributed by atoms with Crippen LogP contribution >= 0.6 is 12.2 Å². The predicted octanol–water partition coefficient (Wildman–Crippen LogP) is -0.758. The predicted molar refractivity (Wildman–Crippen MR) is 58.5 cm³/mol. The number of thiocarbonyl (C=S) groups is 1. The molecule has 0 rings (SSSR count). The van der Waals surface area contributed by atoms with Gasteiger partial charge in [0.25, 0.3) is 0 Å². The minimum atomic E-state index is -3.99. The van der Waals surface area contributed by atoms with E-state index in [1.807, 2.05) is 4.72 Å². The minimum Gasteiger partial charge on any atom is -0.449 e. The van der Waals surface area contributed by atoms with E-state index in [-0.39, 0.29) is 11.6 Å². The molecule has 15 heavy (non-hydrogen) atoms. The van der Waals surface area contributed by atoms with E-state index in [4.69, 9.17) is 5.73 Å². The molecule has 1 amide bonds. The molecular formula is C6H13N3O4S2. The summed E-state index contributed by atoms with van der Waals surface area (Å²) in [6.07, 6.45) is -1.06. The summed E-state index contributed by atoms with van der Waals surface area (Å²) in [6, 6.07) is -0.744. The highest BCUT2D eigenvalue weighted by molar-refractivity contribution is 7.88. The molecular weight excluding hydrogens is 242 g/mol. The third-order valence-corrected chi connectivity index (χ3v) is 2.70. The number of amides is 1. The van der Waals surface area contributed by atoms with E-state index in [9.17, 15) is 13.2 Å². The van der Waals surface area contributed by atoms with Crippen LogP contribution in [0.25, 0.3) is 0 Å². The minimum absolute atomic E-state index is 0.0239. The molecule has 0 aromatic rings. The Labute approximate surface area is 93.5 Å². The van der Waals surface area contributed by atoms with E-state index in [0.29, 0.717) is 0 Å². The van der Waals surface area contributed by atoms with Crippen LogP contribution in [0.2, 0.25) is 0 Å². The van der Waals surface area contributed by atoms with Crippen molar-refractivity contribution in [3.05, 3.63) is 0 Å². The summed E-state index contributed by atoms with van der Waals surface area (Å²) in [5.74, 6) is 0. The van der Waals surface area contributed by atoms with E-state index >= 15 is 0 Å². The molecule has 9 heteroatoms. The summed E-state index contributed by atoms with van der Waals surface area (Å²) < 4.78 is 30.4. The summed E-state index contributed by atoms with van der Waals surface area (Å²) in [4.78, 5) is 10.8. The molecule has 0 aliphatic rings. The van der Waals surface area contributed by atoms with Gasteiger partial charge in [0.2, 0.25) is 0 Å². The normalized spacial score (nSPS) is 12.9. The number of carbonyl (C=O) groups is 1. The van der Waals surface area contributed by atoms with Crippen molar-refractivity contribution in [1.82, 2.24) is 9.44 Å². The number of hydrogen-bond donors (Lipinski definition) is 3. The van der Waals surface area contributed by atoms with Crippen LogP contribution in [0.5, 0.6) is 0 Å². The van der Waals surface area contributed by atoms with Gasteiger partial charge in [-0.2, -0.15) is 13.1 Å². The van der Waals surface area contributed by atoms with E-state index in [1.165, 1.54) is 6.92 Å². The SMILES string of the molecule is CCOC(=O)NS(=O)(=O)NC(C)C(N)=S. The molecule has 1 atom stereocenters. The molecule has 7 nitrogen and oxygen atoms in total. The quantitative estimate of drug-likeness (QED) is 0.557. The first-order valence-corrected chi connectivity index (χ1v) is 5.93. The topological polar surface area (TPSA) is 111 Å². The van der Waals surface area contributed by atoms with Crippen LogP contribution in [0.1, 0.15) is 13.8 Å². The summed E-state index contributed by atoms with van der Waals surface area (Å²) in [6.45, 7) is 3.08. The Bertz CT molecular complexity index is 340. The molecule has 0 radical (unpaired) electrons. The van der Waals surface area contributed by atoms with Gasteiger partial charge in [0.1, 0.15) is 0 Å². The molecule has 0 spiro atoms. The Morgan fingerprint density at radius 2 is 2.13 bits per heavy atom. The maximum absolute atomic E-state index is 11.2. The highest BCUT2D eigenvalue weighted by atomic mass is 32.2.